The summed E-state index contributed by atoms with van der Waals surface area (Å²) in [6, 6.07) is 6.53. The molecule has 0 bridgehead atoms. The minimum Gasteiger partial charge on any atom is -0.492 e. The molecule has 0 unspecified atom stereocenters. The predicted molar refractivity (Wildman–Crippen MR) is 75.4 cm³/mol. The van der Waals surface area contributed by atoms with E-state index in [1.807, 2.05) is 19.1 Å². The average Bonchev–Trinajstić information content (AvgIpc) is 2.34. The fourth-order valence-corrected chi connectivity index (χ4v) is 2.63. The van der Waals surface area contributed by atoms with Crippen LogP contribution < -0.4 is 10.1 Å². The van der Waals surface area contributed by atoms with Gasteiger partial charge in [0.15, 0.2) is 0 Å². The standard InChI is InChI=1S/C14H21ClN2O/c1-3-18-14-12(5-4-6-13(14)15)10-17-8-7-16-11(2)9-17/h4-6,11,16H,3,7-10H2,1-2H3/t11-/m1/s1. The topological polar surface area (TPSA) is 24.5 Å². The van der Waals surface area contributed by atoms with Crippen LogP contribution in [0.25, 0.3) is 0 Å². The monoisotopic (exact) mass is 268 g/mol. The molecule has 1 saturated heterocycles. The van der Waals surface area contributed by atoms with Crippen molar-refractivity contribution in [3.8, 4) is 5.75 Å². The Kier molecular flexibility index (Phi) is 4.87. The fraction of sp³-hybridized carbons (Fsp3) is 0.571. The van der Waals surface area contributed by atoms with Crippen molar-refractivity contribution in [3.05, 3.63) is 28.8 Å². The summed E-state index contributed by atoms with van der Waals surface area (Å²) in [6.45, 7) is 8.94. The molecule has 0 saturated carbocycles. The number of nitrogens with zero attached hydrogens (tertiary/aromatic N) is 1. The highest BCUT2D eigenvalue weighted by Gasteiger charge is 2.17. The summed E-state index contributed by atoms with van der Waals surface area (Å²) >= 11 is 6.20. The van der Waals surface area contributed by atoms with Crippen LogP contribution in [0.3, 0.4) is 0 Å². The van der Waals surface area contributed by atoms with Crippen molar-refractivity contribution in [3.63, 3.8) is 0 Å². The highest BCUT2D eigenvalue weighted by molar-refractivity contribution is 6.32. The maximum atomic E-state index is 6.20. The van der Waals surface area contributed by atoms with E-state index in [-0.39, 0.29) is 0 Å². The number of halogens is 1. The summed E-state index contributed by atoms with van der Waals surface area (Å²) in [5.41, 5.74) is 1.18. The van der Waals surface area contributed by atoms with Gasteiger partial charge in [0.05, 0.1) is 11.6 Å². The molecular weight excluding hydrogens is 248 g/mol. The molecule has 1 N–H and O–H groups in total. The van der Waals surface area contributed by atoms with Crippen molar-refractivity contribution in [2.45, 2.75) is 26.4 Å². The zero-order valence-electron chi connectivity index (χ0n) is 11.1. The number of para-hydroxylation sites is 1. The van der Waals surface area contributed by atoms with Gasteiger partial charge in [0.25, 0.3) is 0 Å². The van der Waals surface area contributed by atoms with Crippen molar-refractivity contribution in [1.82, 2.24) is 10.2 Å². The molecule has 0 amide bonds. The minimum absolute atomic E-state index is 0.550. The van der Waals surface area contributed by atoms with E-state index < -0.39 is 0 Å². The second kappa shape index (κ2) is 6.41. The highest BCUT2D eigenvalue weighted by atomic mass is 35.5. The van der Waals surface area contributed by atoms with Crippen LogP contribution in [-0.2, 0) is 6.54 Å². The Morgan fingerprint density at radius 1 is 1.50 bits per heavy atom. The van der Waals surface area contributed by atoms with E-state index in [0.717, 1.165) is 31.9 Å². The summed E-state index contributed by atoms with van der Waals surface area (Å²) in [4.78, 5) is 2.44. The molecule has 0 aliphatic carbocycles. The van der Waals surface area contributed by atoms with E-state index in [4.69, 9.17) is 16.3 Å². The van der Waals surface area contributed by atoms with Gasteiger partial charge in [-0.05, 0) is 19.9 Å². The molecular formula is C14H21ClN2O. The number of benzene rings is 1. The summed E-state index contributed by atoms with van der Waals surface area (Å²) in [5, 5.41) is 4.16. The van der Waals surface area contributed by atoms with Crippen molar-refractivity contribution >= 4 is 11.6 Å². The van der Waals surface area contributed by atoms with Gasteiger partial charge in [-0.3, -0.25) is 4.90 Å². The Balaban J connectivity index is 2.10. The van der Waals surface area contributed by atoms with Crippen molar-refractivity contribution in [2.75, 3.05) is 26.2 Å². The van der Waals surface area contributed by atoms with Gasteiger partial charge in [-0.1, -0.05) is 23.7 Å². The first-order valence-corrected chi connectivity index (χ1v) is 6.94. The SMILES string of the molecule is CCOc1c(Cl)cccc1CN1CCN[C@H](C)C1. The van der Waals surface area contributed by atoms with E-state index in [2.05, 4.69) is 23.2 Å². The third kappa shape index (κ3) is 3.37. The number of hydrogen-bond donors (Lipinski definition) is 1. The van der Waals surface area contributed by atoms with E-state index in [1.165, 1.54) is 5.56 Å². The first kappa shape index (κ1) is 13.7. The lowest BCUT2D eigenvalue weighted by Crippen LogP contribution is -2.48. The molecule has 1 aromatic rings. The molecule has 2 rings (SSSR count). The van der Waals surface area contributed by atoms with Crippen molar-refractivity contribution in [1.29, 1.82) is 0 Å². The van der Waals surface area contributed by atoms with Gasteiger partial charge < -0.3 is 10.1 Å². The van der Waals surface area contributed by atoms with Crippen molar-refractivity contribution in [2.24, 2.45) is 0 Å². The van der Waals surface area contributed by atoms with Gasteiger partial charge in [-0.15, -0.1) is 0 Å². The Labute approximate surface area is 114 Å². The van der Waals surface area contributed by atoms with Crippen LogP contribution in [-0.4, -0.2) is 37.2 Å². The smallest absolute Gasteiger partial charge is 0.142 e. The first-order valence-electron chi connectivity index (χ1n) is 6.56. The van der Waals surface area contributed by atoms with Crippen LogP contribution in [0.5, 0.6) is 5.75 Å². The molecule has 100 valence electrons. The number of nitrogens with one attached hydrogen (secondary N) is 1. The molecule has 0 spiro atoms. The van der Waals surface area contributed by atoms with Gasteiger partial charge in [0, 0.05) is 37.8 Å². The van der Waals surface area contributed by atoms with Gasteiger partial charge in [0.2, 0.25) is 0 Å². The maximum Gasteiger partial charge on any atom is 0.142 e. The van der Waals surface area contributed by atoms with Gasteiger partial charge in [-0.25, -0.2) is 0 Å². The summed E-state index contributed by atoms with van der Waals surface area (Å²) in [5.74, 6) is 0.841. The summed E-state index contributed by atoms with van der Waals surface area (Å²) in [6.07, 6.45) is 0. The molecule has 3 nitrogen and oxygen atoms in total. The number of ether oxygens (including phenoxy) is 1. The third-order valence-electron chi connectivity index (χ3n) is 3.18. The lowest BCUT2D eigenvalue weighted by molar-refractivity contribution is 0.196. The Morgan fingerprint density at radius 3 is 3.06 bits per heavy atom. The molecule has 1 heterocycles. The van der Waals surface area contributed by atoms with Gasteiger partial charge in [-0.2, -0.15) is 0 Å². The second-order valence-corrected chi connectivity index (χ2v) is 5.16. The largest absolute Gasteiger partial charge is 0.492 e. The highest BCUT2D eigenvalue weighted by Crippen LogP contribution is 2.29. The van der Waals surface area contributed by atoms with Crippen LogP contribution in [0.1, 0.15) is 19.4 Å². The maximum absolute atomic E-state index is 6.20. The average molecular weight is 269 g/mol. The zero-order valence-corrected chi connectivity index (χ0v) is 11.8. The van der Waals surface area contributed by atoms with E-state index in [9.17, 15) is 0 Å². The molecule has 1 aliphatic rings. The summed E-state index contributed by atoms with van der Waals surface area (Å²) in [7, 11) is 0. The normalized spacial score (nSPS) is 20.9. The van der Waals surface area contributed by atoms with Gasteiger partial charge >= 0.3 is 0 Å². The molecule has 0 radical (unpaired) electrons. The lowest BCUT2D eigenvalue weighted by atomic mass is 10.1. The number of piperazine rings is 1. The molecule has 1 fully saturated rings. The second-order valence-electron chi connectivity index (χ2n) is 4.75. The Bertz CT molecular complexity index is 397. The number of hydrogen-bond acceptors (Lipinski definition) is 3. The fourth-order valence-electron chi connectivity index (χ4n) is 2.38. The molecule has 1 aliphatic heterocycles. The zero-order chi connectivity index (χ0) is 13.0. The molecule has 1 atom stereocenters. The van der Waals surface area contributed by atoms with E-state index >= 15 is 0 Å². The first-order chi connectivity index (χ1) is 8.70. The third-order valence-corrected chi connectivity index (χ3v) is 3.48. The van der Waals surface area contributed by atoms with Crippen LogP contribution in [0, 0.1) is 0 Å². The van der Waals surface area contributed by atoms with Crippen LogP contribution in [0.15, 0.2) is 18.2 Å². The lowest BCUT2D eigenvalue weighted by Gasteiger charge is -2.32. The van der Waals surface area contributed by atoms with Crippen LogP contribution in [0.4, 0.5) is 0 Å². The van der Waals surface area contributed by atoms with E-state index in [1.54, 1.807) is 0 Å². The van der Waals surface area contributed by atoms with Crippen molar-refractivity contribution < 1.29 is 4.74 Å². The van der Waals surface area contributed by atoms with E-state index in [0.29, 0.717) is 17.7 Å². The predicted octanol–water partition coefficient (Wildman–Crippen LogP) is 2.53. The minimum atomic E-state index is 0.550. The van der Waals surface area contributed by atoms with Gasteiger partial charge in [0.1, 0.15) is 5.75 Å². The van der Waals surface area contributed by atoms with Crippen LogP contribution >= 0.6 is 11.6 Å². The quantitative estimate of drug-likeness (QED) is 0.908. The molecule has 0 aromatic heterocycles. The summed E-state index contributed by atoms with van der Waals surface area (Å²) < 4.78 is 5.66. The molecule has 18 heavy (non-hydrogen) atoms. The van der Waals surface area contributed by atoms with Crippen LogP contribution in [0.2, 0.25) is 5.02 Å². The molecule has 4 heteroatoms. The Hall–Kier alpha value is -0.770. The number of rotatable bonds is 4. The molecule has 1 aromatic carbocycles. The Morgan fingerprint density at radius 2 is 2.33 bits per heavy atom.